The molecule has 3 heterocycles. The van der Waals surface area contributed by atoms with Crippen LogP contribution in [0.15, 0.2) is 67.1 Å². The molecule has 0 fully saturated rings. The molecule has 0 radical (unpaired) electrons. The highest BCUT2D eigenvalue weighted by atomic mass is 15.5. The van der Waals surface area contributed by atoms with Crippen LogP contribution >= 0.6 is 0 Å². The molecule has 0 saturated heterocycles. The number of para-hydroxylation sites is 2. The fourth-order valence-electron chi connectivity index (χ4n) is 4.16. The Morgan fingerprint density at radius 1 is 0.875 bits per heavy atom. The topological polar surface area (TPSA) is 32.3 Å². The van der Waals surface area contributed by atoms with E-state index < -0.39 is 0 Å². The minimum atomic E-state index is -0.0346. The van der Waals surface area contributed by atoms with Gasteiger partial charge in [0.2, 0.25) is 0 Å². The van der Waals surface area contributed by atoms with Gasteiger partial charge in [-0.2, -0.15) is 0 Å². The Hall–Kier alpha value is -2.88. The molecule has 1 atom stereocenters. The van der Waals surface area contributed by atoms with E-state index in [4.69, 9.17) is 0 Å². The van der Waals surface area contributed by atoms with Crippen LogP contribution in [0.2, 0.25) is 0 Å². The van der Waals surface area contributed by atoms with Gasteiger partial charge >= 0.3 is 0 Å². The molecule has 1 aromatic heterocycles. The zero-order valence-electron chi connectivity index (χ0n) is 13.7. The molecule has 118 valence electrons. The highest BCUT2D eigenvalue weighted by Crippen LogP contribution is 2.57. The van der Waals surface area contributed by atoms with Crippen molar-refractivity contribution in [1.82, 2.24) is 9.97 Å². The van der Waals surface area contributed by atoms with Gasteiger partial charge in [-0.1, -0.05) is 50.2 Å². The fraction of sp³-hybridized carbons (Fsp3) is 0.200. The average molecular weight is 314 g/mol. The summed E-state index contributed by atoms with van der Waals surface area (Å²) in [5.41, 5.74) is 4.82. The molecule has 3 aromatic rings. The first kappa shape index (κ1) is 13.5. The lowest BCUT2D eigenvalue weighted by molar-refractivity contribution is 0.450. The van der Waals surface area contributed by atoms with Gasteiger partial charge in [0.25, 0.3) is 0 Å². The summed E-state index contributed by atoms with van der Waals surface area (Å²) in [6, 6.07) is 19.2. The highest BCUT2D eigenvalue weighted by molar-refractivity contribution is 5.90. The summed E-state index contributed by atoms with van der Waals surface area (Å²) >= 11 is 0. The zero-order chi connectivity index (χ0) is 16.3. The smallest absolute Gasteiger partial charge is 0.162 e. The zero-order valence-corrected chi connectivity index (χ0v) is 13.7. The van der Waals surface area contributed by atoms with Crippen molar-refractivity contribution in [3.63, 3.8) is 0 Å². The van der Waals surface area contributed by atoms with Crippen molar-refractivity contribution >= 4 is 22.9 Å². The van der Waals surface area contributed by atoms with Crippen LogP contribution in [0, 0.1) is 0 Å². The van der Waals surface area contributed by atoms with Gasteiger partial charge in [-0.15, -0.1) is 0 Å². The lowest BCUT2D eigenvalue weighted by Gasteiger charge is -2.36. The van der Waals surface area contributed by atoms with Gasteiger partial charge < -0.3 is 9.80 Å². The van der Waals surface area contributed by atoms with Crippen molar-refractivity contribution in [1.29, 1.82) is 0 Å². The summed E-state index contributed by atoms with van der Waals surface area (Å²) in [5.74, 6) is 0.976. The van der Waals surface area contributed by atoms with Gasteiger partial charge in [-0.25, -0.2) is 9.97 Å². The lowest BCUT2D eigenvalue weighted by Crippen LogP contribution is -2.46. The standard InChI is InChI=1S/C20H18N4/c1-20(2)15-10-6-7-11-16(15)24-17-12-21-13-22-18(17)23(19(20)24)14-8-4-3-5-9-14/h3-13,19H,1-2H3. The Morgan fingerprint density at radius 2 is 1.62 bits per heavy atom. The number of hydrogen-bond donors (Lipinski definition) is 0. The van der Waals surface area contributed by atoms with Crippen LogP contribution in [-0.4, -0.2) is 16.1 Å². The second kappa shape index (κ2) is 4.57. The number of aromatic nitrogens is 2. The summed E-state index contributed by atoms with van der Waals surface area (Å²) in [4.78, 5) is 13.6. The first-order chi connectivity index (χ1) is 11.7. The van der Waals surface area contributed by atoms with Gasteiger partial charge in [-0.3, -0.25) is 0 Å². The maximum absolute atomic E-state index is 4.61. The molecule has 4 heteroatoms. The van der Waals surface area contributed by atoms with Crippen molar-refractivity contribution < 1.29 is 0 Å². The molecule has 0 spiro atoms. The SMILES string of the molecule is CC1(C)c2ccccc2N2c3cncnc3N(c3ccccc3)C21. The third kappa shape index (κ3) is 1.58. The number of rotatable bonds is 1. The lowest BCUT2D eigenvalue weighted by atomic mass is 9.83. The van der Waals surface area contributed by atoms with Gasteiger partial charge in [0, 0.05) is 16.8 Å². The van der Waals surface area contributed by atoms with Crippen molar-refractivity contribution in [2.45, 2.75) is 25.4 Å². The molecular formula is C20H18N4. The Morgan fingerprint density at radius 3 is 2.46 bits per heavy atom. The van der Waals surface area contributed by atoms with Crippen LogP contribution in [0.5, 0.6) is 0 Å². The predicted octanol–water partition coefficient (Wildman–Crippen LogP) is 4.38. The largest absolute Gasteiger partial charge is 0.314 e. The van der Waals surface area contributed by atoms with E-state index in [1.165, 1.54) is 11.3 Å². The van der Waals surface area contributed by atoms with Crippen LogP contribution in [0.4, 0.5) is 22.9 Å². The van der Waals surface area contributed by atoms with E-state index >= 15 is 0 Å². The van der Waals surface area contributed by atoms with Crippen LogP contribution in [0.1, 0.15) is 19.4 Å². The molecule has 1 unspecified atom stereocenters. The number of benzene rings is 2. The van der Waals surface area contributed by atoms with Crippen molar-refractivity contribution in [3.05, 3.63) is 72.7 Å². The third-order valence-corrected chi connectivity index (χ3v) is 5.19. The molecule has 5 rings (SSSR count). The summed E-state index contributed by atoms with van der Waals surface area (Å²) in [6.07, 6.45) is 3.72. The second-order valence-electron chi connectivity index (χ2n) is 6.92. The molecule has 0 saturated carbocycles. The first-order valence-corrected chi connectivity index (χ1v) is 8.22. The van der Waals surface area contributed by atoms with Gasteiger partial charge in [-0.05, 0) is 23.8 Å². The molecule has 0 aliphatic carbocycles. The van der Waals surface area contributed by atoms with Crippen LogP contribution in [-0.2, 0) is 5.41 Å². The fourth-order valence-corrected chi connectivity index (χ4v) is 4.16. The van der Waals surface area contributed by atoms with Crippen LogP contribution in [0.25, 0.3) is 0 Å². The molecular weight excluding hydrogens is 296 g/mol. The minimum absolute atomic E-state index is 0.0346. The molecule has 24 heavy (non-hydrogen) atoms. The van der Waals surface area contributed by atoms with E-state index in [2.05, 4.69) is 82.1 Å². The van der Waals surface area contributed by atoms with Crippen molar-refractivity contribution in [2.75, 3.05) is 9.80 Å². The van der Waals surface area contributed by atoms with Gasteiger partial charge in [0.15, 0.2) is 5.82 Å². The molecule has 4 nitrogen and oxygen atoms in total. The number of anilines is 4. The Kier molecular flexibility index (Phi) is 2.58. The Balaban J connectivity index is 1.80. The maximum Gasteiger partial charge on any atom is 0.162 e. The monoisotopic (exact) mass is 314 g/mol. The summed E-state index contributed by atoms with van der Waals surface area (Å²) in [5, 5.41) is 0. The predicted molar refractivity (Wildman–Crippen MR) is 96.0 cm³/mol. The van der Waals surface area contributed by atoms with E-state index in [1.54, 1.807) is 6.33 Å². The quantitative estimate of drug-likeness (QED) is 0.667. The first-order valence-electron chi connectivity index (χ1n) is 8.22. The summed E-state index contributed by atoms with van der Waals surface area (Å²) in [6.45, 7) is 4.62. The highest BCUT2D eigenvalue weighted by Gasteiger charge is 2.54. The van der Waals surface area contributed by atoms with Gasteiger partial charge in [0.1, 0.15) is 18.2 Å². The molecule has 0 N–H and O–H groups in total. The van der Waals surface area contributed by atoms with E-state index in [-0.39, 0.29) is 11.6 Å². The van der Waals surface area contributed by atoms with Crippen molar-refractivity contribution in [3.8, 4) is 0 Å². The molecule has 0 amide bonds. The molecule has 2 aliphatic rings. The van der Waals surface area contributed by atoms with E-state index in [9.17, 15) is 0 Å². The molecule has 0 bridgehead atoms. The third-order valence-electron chi connectivity index (χ3n) is 5.19. The van der Waals surface area contributed by atoms with Gasteiger partial charge in [0.05, 0.1) is 6.20 Å². The Bertz CT molecular complexity index is 905. The Labute approximate surface area is 141 Å². The van der Waals surface area contributed by atoms with Crippen molar-refractivity contribution in [2.24, 2.45) is 0 Å². The number of fused-ring (bicyclic) bond motifs is 5. The molecule has 2 aromatic carbocycles. The normalized spacial score (nSPS) is 19.8. The number of hydrogen-bond acceptors (Lipinski definition) is 4. The second-order valence-corrected chi connectivity index (χ2v) is 6.92. The summed E-state index contributed by atoms with van der Waals surface area (Å²) < 4.78 is 0. The number of nitrogens with zero attached hydrogens (tertiary/aromatic N) is 4. The van der Waals surface area contributed by atoms with E-state index in [1.807, 2.05) is 12.3 Å². The van der Waals surface area contributed by atoms with Crippen LogP contribution in [0.3, 0.4) is 0 Å². The average Bonchev–Trinajstić information content (AvgIpc) is 3.08. The van der Waals surface area contributed by atoms with Crippen LogP contribution < -0.4 is 9.80 Å². The minimum Gasteiger partial charge on any atom is -0.314 e. The summed E-state index contributed by atoms with van der Waals surface area (Å²) in [7, 11) is 0. The van der Waals surface area contributed by atoms with E-state index in [0.29, 0.717) is 0 Å². The molecule has 2 aliphatic heterocycles. The maximum atomic E-state index is 4.61. The van der Waals surface area contributed by atoms with E-state index in [0.717, 1.165) is 17.2 Å².